The molecule has 1 rings (SSSR count). The van der Waals surface area contributed by atoms with E-state index in [1.54, 1.807) is 0 Å². The molecule has 1 saturated carbocycles. The molecule has 0 bridgehead atoms. The average Bonchev–Trinajstić information content (AvgIpc) is 1.94. The van der Waals surface area contributed by atoms with Crippen LogP contribution in [0.1, 0.15) is 33.1 Å². The predicted molar refractivity (Wildman–Crippen MR) is 52.9 cm³/mol. The molecule has 11 heavy (non-hydrogen) atoms. The third-order valence-corrected chi connectivity index (χ3v) is 3.81. The van der Waals surface area contributed by atoms with Crippen molar-refractivity contribution < 1.29 is 0 Å². The fraction of sp³-hybridized carbons (Fsp3) is 1.00. The van der Waals surface area contributed by atoms with Gasteiger partial charge in [0.1, 0.15) is 0 Å². The Morgan fingerprint density at radius 1 is 1.45 bits per heavy atom. The smallest absolute Gasteiger partial charge is 0.0201 e. The third kappa shape index (κ3) is 2.38. The standard InChI is InChI=1S/C9H19NS/c1-9(2)5-4-7(10)8(6-9)11-3/h7-8H,4-6,10H2,1-3H3. The molecule has 1 fully saturated rings. The summed E-state index contributed by atoms with van der Waals surface area (Å²) in [6.07, 6.45) is 5.96. The summed E-state index contributed by atoms with van der Waals surface area (Å²) in [5, 5.41) is 0.693. The molecule has 0 heterocycles. The molecular weight excluding hydrogens is 154 g/mol. The lowest BCUT2D eigenvalue weighted by Gasteiger charge is -2.38. The van der Waals surface area contributed by atoms with E-state index in [4.69, 9.17) is 5.73 Å². The first kappa shape index (κ1) is 9.40. The SMILES string of the molecule is CSC1CC(C)(C)CCC1N. The van der Waals surface area contributed by atoms with Gasteiger partial charge in [-0.1, -0.05) is 13.8 Å². The highest BCUT2D eigenvalue weighted by Crippen LogP contribution is 2.38. The number of thioether (sulfide) groups is 1. The second kappa shape index (κ2) is 3.36. The van der Waals surface area contributed by atoms with Crippen LogP contribution in [0.3, 0.4) is 0 Å². The normalized spacial score (nSPS) is 37.1. The van der Waals surface area contributed by atoms with E-state index in [0.29, 0.717) is 16.7 Å². The highest BCUT2D eigenvalue weighted by atomic mass is 32.2. The van der Waals surface area contributed by atoms with Gasteiger partial charge in [0.2, 0.25) is 0 Å². The number of nitrogens with two attached hydrogens (primary N) is 1. The van der Waals surface area contributed by atoms with Crippen molar-refractivity contribution in [3.05, 3.63) is 0 Å². The van der Waals surface area contributed by atoms with Crippen LogP contribution >= 0.6 is 11.8 Å². The Morgan fingerprint density at radius 3 is 2.55 bits per heavy atom. The van der Waals surface area contributed by atoms with Crippen molar-refractivity contribution >= 4 is 11.8 Å². The molecule has 0 amide bonds. The Morgan fingerprint density at radius 2 is 2.09 bits per heavy atom. The van der Waals surface area contributed by atoms with Crippen molar-refractivity contribution in [1.82, 2.24) is 0 Å². The first-order valence-electron chi connectivity index (χ1n) is 4.33. The van der Waals surface area contributed by atoms with E-state index < -0.39 is 0 Å². The summed E-state index contributed by atoms with van der Waals surface area (Å²) in [5.41, 5.74) is 6.52. The van der Waals surface area contributed by atoms with Gasteiger partial charge in [0.05, 0.1) is 0 Å². The van der Waals surface area contributed by atoms with Crippen molar-refractivity contribution in [3.8, 4) is 0 Å². The van der Waals surface area contributed by atoms with Gasteiger partial charge in [-0.15, -0.1) is 0 Å². The summed E-state index contributed by atoms with van der Waals surface area (Å²) in [7, 11) is 0. The van der Waals surface area contributed by atoms with Gasteiger partial charge in [-0.3, -0.25) is 0 Å². The van der Waals surface area contributed by atoms with Crippen LogP contribution in [0, 0.1) is 5.41 Å². The van der Waals surface area contributed by atoms with Gasteiger partial charge in [-0.05, 0) is 30.9 Å². The molecular formula is C9H19NS. The van der Waals surface area contributed by atoms with Crippen molar-refractivity contribution in [2.24, 2.45) is 11.1 Å². The van der Waals surface area contributed by atoms with Gasteiger partial charge in [0, 0.05) is 11.3 Å². The van der Waals surface area contributed by atoms with Crippen LogP contribution in [0.2, 0.25) is 0 Å². The maximum atomic E-state index is 5.99. The lowest BCUT2D eigenvalue weighted by molar-refractivity contribution is 0.232. The summed E-state index contributed by atoms with van der Waals surface area (Å²) in [5.74, 6) is 0. The zero-order valence-electron chi connectivity index (χ0n) is 7.76. The molecule has 0 aromatic rings. The predicted octanol–water partition coefficient (Wildman–Crippen LogP) is 2.26. The van der Waals surface area contributed by atoms with Gasteiger partial charge in [0.15, 0.2) is 0 Å². The maximum absolute atomic E-state index is 5.99. The Balaban J connectivity index is 2.51. The van der Waals surface area contributed by atoms with Gasteiger partial charge < -0.3 is 5.73 Å². The lowest BCUT2D eigenvalue weighted by Crippen LogP contribution is -2.41. The van der Waals surface area contributed by atoms with Crippen LogP contribution < -0.4 is 5.73 Å². The van der Waals surface area contributed by atoms with Gasteiger partial charge >= 0.3 is 0 Å². The molecule has 2 atom stereocenters. The first-order valence-corrected chi connectivity index (χ1v) is 5.62. The minimum atomic E-state index is 0.443. The fourth-order valence-electron chi connectivity index (χ4n) is 1.80. The van der Waals surface area contributed by atoms with Crippen molar-refractivity contribution in [2.45, 2.75) is 44.4 Å². The van der Waals surface area contributed by atoms with E-state index in [9.17, 15) is 0 Å². The zero-order valence-corrected chi connectivity index (χ0v) is 8.58. The second-order valence-electron chi connectivity index (χ2n) is 4.35. The highest BCUT2D eigenvalue weighted by molar-refractivity contribution is 7.99. The number of hydrogen-bond donors (Lipinski definition) is 1. The second-order valence-corrected chi connectivity index (χ2v) is 5.42. The molecule has 2 heteroatoms. The molecule has 0 radical (unpaired) electrons. The summed E-state index contributed by atoms with van der Waals surface area (Å²) in [4.78, 5) is 0. The van der Waals surface area contributed by atoms with Crippen LogP contribution in [-0.4, -0.2) is 17.5 Å². The van der Waals surface area contributed by atoms with Crippen molar-refractivity contribution in [2.75, 3.05) is 6.26 Å². The molecule has 1 aliphatic carbocycles. The molecule has 0 spiro atoms. The molecule has 1 nitrogen and oxygen atoms in total. The quantitative estimate of drug-likeness (QED) is 0.658. The molecule has 66 valence electrons. The average molecular weight is 173 g/mol. The van der Waals surface area contributed by atoms with Crippen LogP contribution in [0.25, 0.3) is 0 Å². The Labute approximate surface area is 74.1 Å². The fourth-order valence-corrected chi connectivity index (χ4v) is 2.90. The molecule has 2 N–H and O–H groups in total. The van der Waals surface area contributed by atoms with Gasteiger partial charge in [0.25, 0.3) is 0 Å². The molecule has 1 aliphatic rings. The summed E-state index contributed by atoms with van der Waals surface area (Å²) in [6.45, 7) is 4.70. The van der Waals surface area contributed by atoms with E-state index in [-0.39, 0.29) is 0 Å². The van der Waals surface area contributed by atoms with E-state index in [0.717, 1.165) is 0 Å². The third-order valence-electron chi connectivity index (χ3n) is 2.69. The summed E-state index contributed by atoms with van der Waals surface area (Å²) >= 11 is 1.93. The van der Waals surface area contributed by atoms with Crippen molar-refractivity contribution in [1.29, 1.82) is 0 Å². The minimum absolute atomic E-state index is 0.443. The molecule has 0 aromatic carbocycles. The lowest BCUT2D eigenvalue weighted by atomic mass is 9.75. The van der Waals surface area contributed by atoms with E-state index in [2.05, 4.69) is 20.1 Å². The van der Waals surface area contributed by atoms with Crippen LogP contribution in [0.4, 0.5) is 0 Å². The molecule has 0 saturated heterocycles. The largest absolute Gasteiger partial charge is 0.327 e. The monoisotopic (exact) mass is 173 g/mol. The molecule has 0 aliphatic heterocycles. The number of rotatable bonds is 1. The summed E-state index contributed by atoms with van der Waals surface area (Å²) < 4.78 is 0. The topological polar surface area (TPSA) is 26.0 Å². The Kier molecular flexibility index (Phi) is 2.87. The van der Waals surface area contributed by atoms with Crippen LogP contribution in [-0.2, 0) is 0 Å². The van der Waals surface area contributed by atoms with Gasteiger partial charge in [-0.25, -0.2) is 0 Å². The van der Waals surface area contributed by atoms with Gasteiger partial charge in [-0.2, -0.15) is 11.8 Å². The highest BCUT2D eigenvalue weighted by Gasteiger charge is 2.32. The zero-order chi connectivity index (χ0) is 8.48. The first-order chi connectivity index (χ1) is 5.05. The van der Waals surface area contributed by atoms with Crippen molar-refractivity contribution in [3.63, 3.8) is 0 Å². The van der Waals surface area contributed by atoms with E-state index in [1.165, 1.54) is 19.3 Å². The molecule has 2 unspecified atom stereocenters. The Hall–Kier alpha value is 0.310. The maximum Gasteiger partial charge on any atom is 0.0201 e. The summed E-state index contributed by atoms with van der Waals surface area (Å²) in [6, 6.07) is 0.443. The minimum Gasteiger partial charge on any atom is -0.327 e. The van der Waals surface area contributed by atoms with E-state index in [1.807, 2.05) is 11.8 Å². The Bertz CT molecular complexity index is 134. The van der Waals surface area contributed by atoms with E-state index >= 15 is 0 Å². The van der Waals surface area contributed by atoms with Crippen LogP contribution in [0.5, 0.6) is 0 Å². The molecule has 0 aromatic heterocycles. The van der Waals surface area contributed by atoms with Crippen LogP contribution in [0.15, 0.2) is 0 Å². The number of hydrogen-bond acceptors (Lipinski definition) is 2.